The van der Waals surface area contributed by atoms with E-state index in [2.05, 4.69) is 31.9 Å². The molecule has 1 aromatic rings. The maximum atomic E-state index is 12.3. The minimum atomic E-state index is 0.192. The number of carbonyl (C=O) groups is 1. The fourth-order valence-corrected chi connectivity index (χ4v) is 4.16. The maximum absolute atomic E-state index is 12.3. The molecule has 0 aromatic carbocycles. The summed E-state index contributed by atoms with van der Waals surface area (Å²) in [5.74, 6) is 0.924. The van der Waals surface area contributed by atoms with Crippen LogP contribution < -0.4 is 0 Å². The number of thiophene rings is 1. The second kappa shape index (κ2) is 5.85. The molecule has 17 heavy (non-hydrogen) atoms. The normalized spacial score (nSPS) is 17.5. The summed E-state index contributed by atoms with van der Waals surface area (Å²) in [6, 6.07) is 1.98. The molecule has 94 valence electrons. The predicted molar refractivity (Wildman–Crippen MR) is 79.2 cm³/mol. The van der Waals surface area contributed by atoms with Gasteiger partial charge in [0, 0.05) is 18.4 Å². The van der Waals surface area contributed by atoms with Crippen molar-refractivity contribution < 1.29 is 4.79 Å². The number of hydrogen-bond donors (Lipinski definition) is 0. The van der Waals surface area contributed by atoms with Crippen molar-refractivity contribution >= 4 is 49.1 Å². The number of carbonyl (C=O) groups excluding carboxylic acids is 1. The Morgan fingerprint density at radius 3 is 2.65 bits per heavy atom. The van der Waals surface area contributed by atoms with E-state index >= 15 is 0 Å². The number of rotatable bonds is 2. The minimum absolute atomic E-state index is 0.192. The summed E-state index contributed by atoms with van der Waals surface area (Å²) < 4.78 is 1.07. The second-order valence-corrected chi connectivity index (χ2v) is 7.47. The summed E-state index contributed by atoms with van der Waals surface area (Å²) in [4.78, 5) is 15.1. The first-order chi connectivity index (χ1) is 8.11. The summed E-state index contributed by atoms with van der Waals surface area (Å²) >= 11 is 8.53. The van der Waals surface area contributed by atoms with E-state index in [1.807, 2.05) is 17.9 Å². The molecule has 0 bridgehead atoms. The van der Waals surface area contributed by atoms with Gasteiger partial charge in [-0.3, -0.25) is 4.79 Å². The molecule has 1 aromatic heterocycles. The number of nitrogens with zero attached hydrogens (tertiary/aromatic N) is 1. The van der Waals surface area contributed by atoms with Crippen LogP contribution >= 0.6 is 43.2 Å². The summed E-state index contributed by atoms with van der Waals surface area (Å²) in [7, 11) is 0. The van der Waals surface area contributed by atoms with Crippen LogP contribution in [0.3, 0.4) is 0 Å². The molecule has 0 aliphatic carbocycles. The van der Waals surface area contributed by atoms with E-state index in [-0.39, 0.29) is 5.91 Å². The lowest BCUT2D eigenvalue weighted by Gasteiger charge is -2.30. The van der Waals surface area contributed by atoms with E-state index in [0.717, 1.165) is 51.4 Å². The van der Waals surface area contributed by atoms with Crippen LogP contribution in [0.4, 0.5) is 0 Å². The standard InChI is InChI=1S/C12H15Br2NOS/c1-8-6-10(17-11(8)14)12(16)15-4-2-9(7-13)3-5-15/h6,9H,2-5,7H2,1H3. The van der Waals surface area contributed by atoms with Gasteiger partial charge in [0.15, 0.2) is 0 Å². The van der Waals surface area contributed by atoms with E-state index in [0.29, 0.717) is 0 Å². The Kier molecular flexibility index (Phi) is 4.66. The zero-order valence-electron chi connectivity index (χ0n) is 9.71. The van der Waals surface area contributed by atoms with Crippen LogP contribution in [-0.2, 0) is 0 Å². The van der Waals surface area contributed by atoms with Gasteiger partial charge >= 0.3 is 0 Å². The average Bonchev–Trinajstić information content (AvgIpc) is 2.69. The first-order valence-corrected chi connectivity index (χ1v) is 8.46. The molecule has 5 heteroatoms. The van der Waals surface area contributed by atoms with E-state index in [1.165, 1.54) is 11.3 Å². The molecule has 0 spiro atoms. The second-order valence-electron chi connectivity index (χ2n) is 4.46. The number of aryl methyl sites for hydroxylation is 1. The lowest BCUT2D eigenvalue weighted by molar-refractivity contribution is 0.0704. The molecule has 1 aliphatic rings. The highest BCUT2D eigenvalue weighted by atomic mass is 79.9. The first-order valence-electron chi connectivity index (χ1n) is 5.73. The molecule has 1 saturated heterocycles. The van der Waals surface area contributed by atoms with Gasteiger partial charge in [0.2, 0.25) is 0 Å². The van der Waals surface area contributed by atoms with Crippen LogP contribution in [0.5, 0.6) is 0 Å². The van der Waals surface area contributed by atoms with Crippen molar-refractivity contribution in [3.63, 3.8) is 0 Å². The highest BCUT2D eigenvalue weighted by molar-refractivity contribution is 9.11. The van der Waals surface area contributed by atoms with Crippen LogP contribution in [0.15, 0.2) is 9.85 Å². The minimum Gasteiger partial charge on any atom is -0.338 e. The Hall–Kier alpha value is 0.130. The molecule has 2 nitrogen and oxygen atoms in total. The highest BCUT2D eigenvalue weighted by Gasteiger charge is 2.24. The number of piperidine rings is 1. The fraction of sp³-hybridized carbons (Fsp3) is 0.583. The van der Waals surface area contributed by atoms with Crippen molar-refractivity contribution in [3.8, 4) is 0 Å². The number of alkyl halides is 1. The van der Waals surface area contributed by atoms with Crippen LogP contribution in [0, 0.1) is 12.8 Å². The lowest BCUT2D eigenvalue weighted by atomic mass is 9.99. The van der Waals surface area contributed by atoms with Crippen LogP contribution in [0.2, 0.25) is 0 Å². The van der Waals surface area contributed by atoms with Gasteiger partial charge < -0.3 is 4.90 Å². The Labute approximate surface area is 123 Å². The molecular formula is C12H15Br2NOS. The average molecular weight is 381 g/mol. The third-order valence-electron chi connectivity index (χ3n) is 3.19. The van der Waals surface area contributed by atoms with Gasteiger partial charge in [-0.2, -0.15) is 0 Å². The molecule has 1 fully saturated rings. The van der Waals surface area contributed by atoms with E-state index in [1.54, 1.807) is 0 Å². The summed E-state index contributed by atoms with van der Waals surface area (Å²) in [6.45, 7) is 3.81. The van der Waals surface area contributed by atoms with Gasteiger partial charge in [0.1, 0.15) is 0 Å². The quantitative estimate of drug-likeness (QED) is 0.708. The SMILES string of the molecule is Cc1cc(C(=O)N2CCC(CBr)CC2)sc1Br. The van der Waals surface area contributed by atoms with Gasteiger partial charge in [-0.1, -0.05) is 15.9 Å². The zero-order valence-corrected chi connectivity index (χ0v) is 13.7. The van der Waals surface area contributed by atoms with Gasteiger partial charge in [0.25, 0.3) is 5.91 Å². The molecule has 0 saturated carbocycles. The van der Waals surface area contributed by atoms with Gasteiger partial charge in [-0.15, -0.1) is 11.3 Å². The Morgan fingerprint density at radius 2 is 2.18 bits per heavy atom. The first kappa shape index (κ1) is 13.6. The number of likely N-dealkylation sites (tertiary alicyclic amines) is 1. The maximum Gasteiger partial charge on any atom is 0.263 e. The van der Waals surface area contributed by atoms with Gasteiger partial charge in [-0.25, -0.2) is 0 Å². The van der Waals surface area contributed by atoms with Crippen LogP contribution in [-0.4, -0.2) is 29.2 Å². The van der Waals surface area contributed by atoms with Gasteiger partial charge in [0.05, 0.1) is 8.66 Å². The third-order valence-corrected chi connectivity index (χ3v) is 6.23. The molecule has 0 unspecified atom stereocenters. The molecule has 0 radical (unpaired) electrons. The monoisotopic (exact) mass is 379 g/mol. The fourth-order valence-electron chi connectivity index (χ4n) is 2.01. The van der Waals surface area contributed by atoms with Crippen molar-refractivity contribution in [2.75, 3.05) is 18.4 Å². The smallest absolute Gasteiger partial charge is 0.263 e. The van der Waals surface area contributed by atoms with E-state index < -0.39 is 0 Å². The molecular weight excluding hydrogens is 366 g/mol. The number of amides is 1. The van der Waals surface area contributed by atoms with Gasteiger partial charge in [-0.05, 0) is 53.2 Å². The van der Waals surface area contributed by atoms with Crippen molar-refractivity contribution in [2.24, 2.45) is 5.92 Å². The van der Waals surface area contributed by atoms with Crippen LogP contribution in [0.1, 0.15) is 28.1 Å². The number of halogens is 2. The Balaban J connectivity index is 2.01. The molecule has 2 heterocycles. The summed E-state index contributed by atoms with van der Waals surface area (Å²) in [5, 5.41) is 1.05. The summed E-state index contributed by atoms with van der Waals surface area (Å²) in [6.07, 6.45) is 2.23. The van der Waals surface area contributed by atoms with E-state index in [4.69, 9.17) is 0 Å². The lowest BCUT2D eigenvalue weighted by Crippen LogP contribution is -2.38. The highest BCUT2D eigenvalue weighted by Crippen LogP contribution is 2.29. The molecule has 0 N–H and O–H groups in total. The zero-order chi connectivity index (χ0) is 12.4. The number of hydrogen-bond acceptors (Lipinski definition) is 2. The Morgan fingerprint density at radius 1 is 1.53 bits per heavy atom. The Bertz CT molecular complexity index is 391. The largest absolute Gasteiger partial charge is 0.338 e. The molecule has 1 aliphatic heterocycles. The van der Waals surface area contributed by atoms with Crippen molar-refractivity contribution in [3.05, 3.63) is 20.3 Å². The molecule has 1 amide bonds. The third kappa shape index (κ3) is 3.12. The van der Waals surface area contributed by atoms with Crippen LogP contribution in [0.25, 0.3) is 0 Å². The predicted octanol–water partition coefficient (Wildman–Crippen LogP) is 4.07. The van der Waals surface area contributed by atoms with Crippen molar-refractivity contribution in [2.45, 2.75) is 19.8 Å². The van der Waals surface area contributed by atoms with Crippen molar-refractivity contribution in [1.29, 1.82) is 0 Å². The summed E-state index contributed by atoms with van der Waals surface area (Å²) in [5.41, 5.74) is 1.15. The topological polar surface area (TPSA) is 20.3 Å². The van der Waals surface area contributed by atoms with E-state index in [9.17, 15) is 4.79 Å². The molecule has 0 atom stereocenters. The van der Waals surface area contributed by atoms with Crippen molar-refractivity contribution in [1.82, 2.24) is 4.90 Å². The molecule has 2 rings (SSSR count).